The van der Waals surface area contributed by atoms with Crippen molar-refractivity contribution in [3.63, 3.8) is 0 Å². The third-order valence-corrected chi connectivity index (χ3v) is 10.5. The lowest BCUT2D eigenvalue weighted by molar-refractivity contribution is 0.174. The molecule has 0 bridgehead atoms. The molecule has 4 N–H and O–H groups in total. The van der Waals surface area contributed by atoms with E-state index < -0.39 is 11.8 Å². The molecule has 0 fully saturated rings. The fraction of sp³-hybridized carbons (Fsp3) is 0.375. The highest BCUT2D eigenvalue weighted by Crippen LogP contribution is 2.43. The van der Waals surface area contributed by atoms with Crippen molar-refractivity contribution in [3.8, 4) is 23.0 Å². The van der Waals surface area contributed by atoms with E-state index in [4.69, 9.17) is 37.9 Å². The van der Waals surface area contributed by atoms with Crippen LogP contribution in [0.1, 0.15) is 89.7 Å². The van der Waals surface area contributed by atoms with Gasteiger partial charge in [0.25, 0.3) is 0 Å². The number of methoxy groups -OCH3 is 8. The molecule has 5 aromatic rings. The number of aromatic hydroxyl groups is 4. The molecule has 0 aliphatic rings. The molecule has 12 nitrogen and oxygen atoms in total. The smallest absolute Gasteiger partial charge is 0.126 e. The van der Waals surface area contributed by atoms with Crippen molar-refractivity contribution in [2.45, 2.75) is 64.7 Å². The molecule has 0 spiro atoms. The minimum absolute atomic E-state index is 0.106. The second-order valence-electron chi connectivity index (χ2n) is 14.7. The van der Waals surface area contributed by atoms with Crippen molar-refractivity contribution in [2.24, 2.45) is 0 Å². The van der Waals surface area contributed by atoms with Gasteiger partial charge in [-0.1, -0.05) is 24.3 Å². The van der Waals surface area contributed by atoms with Gasteiger partial charge in [0.15, 0.2) is 0 Å². The van der Waals surface area contributed by atoms with Crippen molar-refractivity contribution in [1.29, 1.82) is 0 Å². The largest absolute Gasteiger partial charge is 0.507 e. The van der Waals surface area contributed by atoms with Crippen LogP contribution in [0, 0.1) is 0 Å². The maximum atomic E-state index is 11.2. The van der Waals surface area contributed by atoms with Crippen molar-refractivity contribution in [3.05, 3.63) is 151 Å². The molecular formula is C48H58O12. The number of rotatable bonds is 22. The molecule has 0 aliphatic heterocycles. The van der Waals surface area contributed by atoms with E-state index in [1.807, 2.05) is 48.5 Å². The summed E-state index contributed by atoms with van der Waals surface area (Å²) in [4.78, 5) is 0. The average molecular weight is 827 g/mol. The van der Waals surface area contributed by atoms with Crippen LogP contribution in [0.3, 0.4) is 0 Å². The van der Waals surface area contributed by atoms with Crippen LogP contribution in [0.15, 0.2) is 72.8 Å². The summed E-state index contributed by atoms with van der Waals surface area (Å²) in [6.07, 6.45) is 0. The summed E-state index contributed by atoms with van der Waals surface area (Å²) in [6.45, 7) is 1.40. The van der Waals surface area contributed by atoms with Crippen LogP contribution >= 0.6 is 0 Å². The van der Waals surface area contributed by atoms with Crippen LogP contribution in [0.2, 0.25) is 0 Å². The molecule has 0 aromatic heterocycles. The fourth-order valence-electron chi connectivity index (χ4n) is 7.97. The van der Waals surface area contributed by atoms with Crippen LogP contribution < -0.4 is 0 Å². The normalized spacial score (nSPS) is 11.6. The Labute approximate surface area is 352 Å². The molecule has 5 aromatic carbocycles. The Morgan fingerprint density at radius 3 is 0.567 bits per heavy atom. The number of hydrogen-bond acceptors (Lipinski definition) is 12. The molecule has 322 valence electrons. The van der Waals surface area contributed by atoms with Gasteiger partial charge in [0.05, 0.1) is 52.9 Å². The zero-order valence-corrected chi connectivity index (χ0v) is 35.8. The van der Waals surface area contributed by atoms with Gasteiger partial charge >= 0.3 is 0 Å². The molecule has 0 radical (unpaired) electrons. The molecule has 0 saturated heterocycles. The third kappa shape index (κ3) is 10.5. The topological polar surface area (TPSA) is 155 Å². The molecule has 0 heterocycles. The quantitative estimate of drug-likeness (QED) is 0.0500. The molecule has 0 atom stereocenters. The van der Waals surface area contributed by atoms with Gasteiger partial charge in [0.2, 0.25) is 0 Å². The number of hydrogen-bond donors (Lipinski definition) is 4. The summed E-state index contributed by atoms with van der Waals surface area (Å²) in [6, 6.07) is 23.8. The second kappa shape index (κ2) is 22.0. The van der Waals surface area contributed by atoms with E-state index in [1.54, 1.807) is 56.9 Å². The molecule has 5 rings (SSSR count). The van der Waals surface area contributed by atoms with E-state index in [1.165, 1.54) is 0 Å². The first-order chi connectivity index (χ1) is 29.1. The highest BCUT2D eigenvalue weighted by molar-refractivity contribution is 5.57. The molecule has 0 unspecified atom stereocenters. The second-order valence-corrected chi connectivity index (χ2v) is 14.7. The molecule has 12 heteroatoms. The SMILES string of the molecule is COCc1cc(C(c2ccc(C(c3cc(COC)c(O)c(COC)c3)c3cc(COC)c(O)c(COC)c3)cc2)c2cc(COC)c(O)c(COC)c2)cc(COC)c1O. The van der Waals surface area contributed by atoms with Crippen LogP contribution in [-0.2, 0) is 90.7 Å². The summed E-state index contributed by atoms with van der Waals surface area (Å²) in [7, 11) is 12.6. The van der Waals surface area contributed by atoms with E-state index in [0.29, 0.717) is 44.5 Å². The Kier molecular flexibility index (Phi) is 16.9. The van der Waals surface area contributed by atoms with Crippen molar-refractivity contribution < 1.29 is 58.3 Å². The summed E-state index contributed by atoms with van der Waals surface area (Å²) >= 11 is 0. The summed E-state index contributed by atoms with van der Waals surface area (Å²) in [5.74, 6) is -0.379. The van der Waals surface area contributed by atoms with E-state index >= 15 is 0 Å². The first-order valence-corrected chi connectivity index (χ1v) is 19.5. The first kappa shape index (κ1) is 46.1. The van der Waals surface area contributed by atoms with Gasteiger partial charge in [-0.3, -0.25) is 0 Å². The molecule has 0 aliphatic carbocycles. The lowest BCUT2D eigenvalue weighted by Crippen LogP contribution is -2.10. The van der Waals surface area contributed by atoms with Gasteiger partial charge in [0.1, 0.15) is 23.0 Å². The molecule has 0 saturated carbocycles. The Morgan fingerprint density at radius 1 is 0.283 bits per heavy atom. The van der Waals surface area contributed by atoms with Crippen LogP contribution in [0.25, 0.3) is 0 Å². The first-order valence-electron chi connectivity index (χ1n) is 19.5. The monoisotopic (exact) mass is 826 g/mol. The number of phenols is 4. The predicted octanol–water partition coefficient (Wildman–Crippen LogP) is 8.04. The Morgan fingerprint density at radius 2 is 0.433 bits per heavy atom. The number of benzene rings is 5. The Bertz CT molecular complexity index is 1790. The van der Waals surface area contributed by atoms with Crippen molar-refractivity contribution >= 4 is 0 Å². The lowest BCUT2D eigenvalue weighted by Gasteiger charge is -2.26. The van der Waals surface area contributed by atoms with E-state index in [0.717, 1.165) is 33.4 Å². The Hall–Kier alpha value is -5.02. The summed E-state index contributed by atoms with van der Waals surface area (Å²) in [5.41, 5.74) is 10.2. The van der Waals surface area contributed by atoms with Crippen LogP contribution in [0.5, 0.6) is 23.0 Å². The number of phenolic OH excluding ortho intramolecular Hbond substituents is 4. The standard InChI is InChI=1S/C48H58O12/c1-53-21-35-13-31(14-36(22-54-2)45(35)49)43(32-15-37(23-55-3)46(50)38(16-32)24-56-4)29-9-11-30(12-10-29)44(33-17-39(25-57-5)47(51)40(18-33)26-58-6)34-19-41(27-59-7)48(52)42(20-34)28-60-8/h9-20,43-44,49-52H,21-28H2,1-8H3. The van der Waals surface area contributed by atoms with Gasteiger partial charge in [0, 0.05) is 113 Å². The van der Waals surface area contributed by atoms with Crippen molar-refractivity contribution in [2.75, 3.05) is 56.9 Å². The molecular weight excluding hydrogens is 769 g/mol. The molecule has 60 heavy (non-hydrogen) atoms. The van der Waals surface area contributed by atoms with Gasteiger partial charge in [-0.25, -0.2) is 0 Å². The van der Waals surface area contributed by atoms with E-state index in [9.17, 15) is 20.4 Å². The summed E-state index contributed by atoms with van der Waals surface area (Å²) < 4.78 is 44.1. The van der Waals surface area contributed by atoms with Crippen molar-refractivity contribution in [1.82, 2.24) is 0 Å². The van der Waals surface area contributed by atoms with Gasteiger partial charge in [-0.15, -0.1) is 0 Å². The highest BCUT2D eigenvalue weighted by Gasteiger charge is 2.27. The lowest BCUT2D eigenvalue weighted by atomic mass is 9.79. The van der Waals surface area contributed by atoms with Gasteiger partial charge < -0.3 is 58.3 Å². The number of ether oxygens (including phenoxy) is 8. The van der Waals surface area contributed by atoms with E-state index in [-0.39, 0.29) is 75.9 Å². The average Bonchev–Trinajstić information content (AvgIpc) is 3.23. The molecule has 0 amide bonds. The Balaban J connectivity index is 1.80. The highest BCUT2D eigenvalue weighted by atomic mass is 16.5. The van der Waals surface area contributed by atoms with Gasteiger partial charge in [-0.05, 0) is 81.9 Å². The maximum Gasteiger partial charge on any atom is 0.126 e. The van der Waals surface area contributed by atoms with Crippen LogP contribution in [0.4, 0.5) is 0 Å². The third-order valence-electron chi connectivity index (χ3n) is 10.5. The van der Waals surface area contributed by atoms with Gasteiger partial charge in [-0.2, -0.15) is 0 Å². The minimum Gasteiger partial charge on any atom is -0.507 e. The zero-order valence-electron chi connectivity index (χ0n) is 35.8. The van der Waals surface area contributed by atoms with E-state index in [2.05, 4.69) is 24.3 Å². The fourth-order valence-corrected chi connectivity index (χ4v) is 7.97. The minimum atomic E-state index is -0.401. The zero-order chi connectivity index (χ0) is 43.3. The summed E-state index contributed by atoms with van der Waals surface area (Å²) in [5, 5.41) is 44.9. The predicted molar refractivity (Wildman–Crippen MR) is 226 cm³/mol. The van der Waals surface area contributed by atoms with Crippen LogP contribution in [-0.4, -0.2) is 77.3 Å². The maximum absolute atomic E-state index is 11.2.